The quantitative estimate of drug-likeness (QED) is 0.885. The molecular formula is C15H17Cl2N3O. The van der Waals surface area contributed by atoms with Crippen LogP contribution in [0.25, 0.3) is 0 Å². The molecular weight excluding hydrogens is 309 g/mol. The van der Waals surface area contributed by atoms with Crippen molar-refractivity contribution >= 4 is 29.1 Å². The maximum Gasteiger partial charge on any atom is 0.220 e. The number of rotatable bonds is 6. The second kappa shape index (κ2) is 7.48. The predicted molar refractivity (Wildman–Crippen MR) is 84.6 cm³/mol. The normalized spacial score (nSPS) is 12.1. The summed E-state index contributed by atoms with van der Waals surface area (Å²) in [7, 11) is 0. The minimum absolute atomic E-state index is 0.00124. The van der Waals surface area contributed by atoms with Crippen LogP contribution < -0.4 is 5.32 Å². The molecule has 0 spiro atoms. The molecule has 0 aliphatic rings. The zero-order chi connectivity index (χ0) is 15.2. The molecule has 1 aromatic carbocycles. The molecule has 1 N–H and O–H groups in total. The van der Waals surface area contributed by atoms with E-state index in [1.54, 1.807) is 18.6 Å². The van der Waals surface area contributed by atoms with Crippen molar-refractivity contribution < 1.29 is 4.79 Å². The smallest absolute Gasteiger partial charge is 0.220 e. The lowest BCUT2D eigenvalue weighted by molar-refractivity contribution is -0.121. The molecule has 0 radical (unpaired) electrons. The van der Waals surface area contributed by atoms with E-state index in [0.29, 0.717) is 29.4 Å². The highest BCUT2D eigenvalue weighted by Crippen LogP contribution is 2.26. The first kappa shape index (κ1) is 15.9. The van der Waals surface area contributed by atoms with Crippen molar-refractivity contribution in [2.24, 2.45) is 0 Å². The van der Waals surface area contributed by atoms with Crippen LogP contribution in [0.3, 0.4) is 0 Å². The number of aryl methyl sites for hydroxylation is 1. The molecule has 2 rings (SSSR count). The Morgan fingerprint density at radius 3 is 2.95 bits per heavy atom. The number of benzene rings is 1. The maximum atomic E-state index is 11.9. The highest BCUT2D eigenvalue weighted by molar-refractivity contribution is 6.42. The molecule has 0 saturated heterocycles. The standard InChI is InChI=1S/C15H17Cl2N3O/c1-11(9-20-8-7-18-10-20)19-14(21)6-5-12-3-2-4-13(16)15(12)17/h2-4,7-8,10-11H,5-6,9H2,1H3,(H,19,21)/t11-/m0/s1. The van der Waals surface area contributed by atoms with Crippen LogP contribution in [0.5, 0.6) is 0 Å². The van der Waals surface area contributed by atoms with Gasteiger partial charge in [-0.15, -0.1) is 0 Å². The van der Waals surface area contributed by atoms with Crippen molar-refractivity contribution in [3.8, 4) is 0 Å². The van der Waals surface area contributed by atoms with E-state index >= 15 is 0 Å². The Hall–Kier alpha value is -1.52. The SMILES string of the molecule is C[C@@H](Cn1ccnc1)NC(=O)CCc1cccc(Cl)c1Cl. The molecule has 1 amide bonds. The fourth-order valence-corrected chi connectivity index (χ4v) is 2.51. The number of halogens is 2. The van der Waals surface area contributed by atoms with Gasteiger partial charge in [-0.2, -0.15) is 0 Å². The van der Waals surface area contributed by atoms with Crippen molar-refractivity contribution in [2.75, 3.05) is 0 Å². The third kappa shape index (κ3) is 4.76. The van der Waals surface area contributed by atoms with E-state index < -0.39 is 0 Å². The average molecular weight is 326 g/mol. The Balaban J connectivity index is 1.80. The number of carbonyl (C=O) groups is 1. The molecule has 1 atom stereocenters. The van der Waals surface area contributed by atoms with Crippen LogP contribution in [0.1, 0.15) is 18.9 Å². The monoisotopic (exact) mass is 325 g/mol. The highest BCUT2D eigenvalue weighted by Gasteiger charge is 2.10. The van der Waals surface area contributed by atoms with Gasteiger partial charge in [0.2, 0.25) is 5.91 Å². The van der Waals surface area contributed by atoms with Gasteiger partial charge in [-0.05, 0) is 25.0 Å². The van der Waals surface area contributed by atoms with Crippen molar-refractivity contribution in [3.63, 3.8) is 0 Å². The van der Waals surface area contributed by atoms with Crippen LogP contribution in [-0.4, -0.2) is 21.5 Å². The minimum Gasteiger partial charge on any atom is -0.352 e. The summed E-state index contributed by atoms with van der Waals surface area (Å²) in [6.07, 6.45) is 6.27. The van der Waals surface area contributed by atoms with Crippen LogP contribution in [0.4, 0.5) is 0 Å². The maximum absolute atomic E-state index is 11.9. The molecule has 0 saturated carbocycles. The van der Waals surface area contributed by atoms with Gasteiger partial charge in [0.05, 0.1) is 16.4 Å². The molecule has 6 heteroatoms. The third-order valence-electron chi connectivity index (χ3n) is 3.10. The Bertz CT molecular complexity index is 599. The number of amides is 1. The number of nitrogens with one attached hydrogen (secondary N) is 1. The fourth-order valence-electron chi connectivity index (χ4n) is 2.09. The van der Waals surface area contributed by atoms with Gasteiger partial charge in [-0.1, -0.05) is 35.3 Å². The van der Waals surface area contributed by atoms with Gasteiger partial charge in [-0.25, -0.2) is 4.98 Å². The summed E-state index contributed by atoms with van der Waals surface area (Å²) >= 11 is 12.1. The van der Waals surface area contributed by atoms with E-state index in [4.69, 9.17) is 23.2 Å². The van der Waals surface area contributed by atoms with Gasteiger partial charge < -0.3 is 9.88 Å². The lowest BCUT2D eigenvalue weighted by atomic mass is 10.1. The van der Waals surface area contributed by atoms with Gasteiger partial charge in [0, 0.05) is 31.4 Å². The molecule has 1 heterocycles. The molecule has 0 fully saturated rings. The minimum atomic E-state index is -0.00124. The second-order valence-electron chi connectivity index (χ2n) is 4.94. The van der Waals surface area contributed by atoms with E-state index in [9.17, 15) is 4.79 Å². The largest absolute Gasteiger partial charge is 0.352 e. The van der Waals surface area contributed by atoms with Crippen LogP contribution >= 0.6 is 23.2 Å². The van der Waals surface area contributed by atoms with Crippen molar-refractivity contribution in [3.05, 3.63) is 52.5 Å². The zero-order valence-corrected chi connectivity index (χ0v) is 13.2. The summed E-state index contributed by atoms with van der Waals surface area (Å²) in [5, 5.41) is 4.00. The van der Waals surface area contributed by atoms with Crippen LogP contribution in [0, 0.1) is 0 Å². The summed E-state index contributed by atoms with van der Waals surface area (Å²) < 4.78 is 1.93. The third-order valence-corrected chi connectivity index (χ3v) is 3.96. The molecule has 2 aromatic rings. The van der Waals surface area contributed by atoms with E-state index in [2.05, 4.69) is 10.3 Å². The molecule has 21 heavy (non-hydrogen) atoms. The molecule has 0 unspecified atom stereocenters. The first-order valence-corrected chi connectivity index (χ1v) is 7.50. The first-order valence-electron chi connectivity index (χ1n) is 6.74. The lowest BCUT2D eigenvalue weighted by Gasteiger charge is -2.14. The van der Waals surface area contributed by atoms with Crippen LogP contribution in [0.15, 0.2) is 36.9 Å². The van der Waals surface area contributed by atoms with Gasteiger partial charge in [0.1, 0.15) is 0 Å². The number of hydrogen-bond donors (Lipinski definition) is 1. The molecule has 112 valence electrons. The average Bonchev–Trinajstić information content (AvgIpc) is 2.93. The first-order chi connectivity index (χ1) is 10.1. The van der Waals surface area contributed by atoms with Crippen molar-refractivity contribution in [2.45, 2.75) is 32.4 Å². The van der Waals surface area contributed by atoms with Gasteiger partial charge in [-0.3, -0.25) is 4.79 Å². The Labute approximate surface area is 134 Å². The topological polar surface area (TPSA) is 46.9 Å². The summed E-state index contributed by atoms with van der Waals surface area (Å²) in [5.41, 5.74) is 0.890. The summed E-state index contributed by atoms with van der Waals surface area (Å²) in [6.45, 7) is 2.66. The van der Waals surface area contributed by atoms with E-state index in [-0.39, 0.29) is 11.9 Å². The van der Waals surface area contributed by atoms with Crippen LogP contribution in [-0.2, 0) is 17.8 Å². The number of imidazole rings is 1. The van der Waals surface area contributed by atoms with E-state index in [1.165, 1.54) is 0 Å². The Morgan fingerprint density at radius 2 is 2.24 bits per heavy atom. The highest BCUT2D eigenvalue weighted by atomic mass is 35.5. The van der Waals surface area contributed by atoms with Crippen LogP contribution in [0.2, 0.25) is 10.0 Å². The molecule has 0 aliphatic heterocycles. The predicted octanol–water partition coefficient (Wildman–Crippen LogP) is 3.33. The van der Waals surface area contributed by atoms with Crippen molar-refractivity contribution in [1.29, 1.82) is 0 Å². The van der Waals surface area contributed by atoms with Gasteiger partial charge in [0.15, 0.2) is 0 Å². The second-order valence-corrected chi connectivity index (χ2v) is 5.73. The zero-order valence-electron chi connectivity index (χ0n) is 11.7. The summed E-state index contributed by atoms with van der Waals surface area (Å²) in [6, 6.07) is 5.50. The Morgan fingerprint density at radius 1 is 1.43 bits per heavy atom. The molecule has 0 bridgehead atoms. The number of aromatic nitrogens is 2. The summed E-state index contributed by atoms with van der Waals surface area (Å²) in [5.74, 6) is -0.00124. The molecule has 4 nitrogen and oxygen atoms in total. The number of carbonyl (C=O) groups excluding carboxylic acids is 1. The molecule has 1 aromatic heterocycles. The number of hydrogen-bond acceptors (Lipinski definition) is 2. The van der Waals surface area contributed by atoms with Crippen molar-refractivity contribution in [1.82, 2.24) is 14.9 Å². The number of nitrogens with zero attached hydrogens (tertiary/aromatic N) is 2. The molecule has 0 aliphatic carbocycles. The van der Waals surface area contributed by atoms with Gasteiger partial charge in [0.25, 0.3) is 0 Å². The Kier molecular flexibility index (Phi) is 5.65. The van der Waals surface area contributed by atoms with E-state index in [0.717, 1.165) is 5.56 Å². The summed E-state index contributed by atoms with van der Waals surface area (Å²) in [4.78, 5) is 15.9. The van der Waals surface area contributed by atoms with E-state index in [1.807, 2.05) is 29.8 Å². The van der Waals surface area contributed by atoms with Gasteiger partial charge >= 0.3 is 0 Å². The fraction of sp³-hybridized carbons (Fsp3) is 0.333. The lowest BCUT2D eigenvalue weighted by Crippen LogP contribution is -2.35.